The topological polar surface area (TPSA) is 58.1 Å². The van der Waals surface area contributed by atoms with E-state index >= 15 is 0 Å². The highest BCUT2D eigenvalue weighted by Crippen LogP contribution is 2.17. The Labute approximate surface area is 135 Å². The number of nitrogens with zero attached hydrogens (tertiary/aromatic N) is 3. The Hall–Kier alpha value is -2.95. The summed E-state index contributed by atoms with van der Waals surface area (Å²) >= 11 is 0. The minimum Gasteiger partial charge on any atom is -0.362 e. The van der Waals surface area contributed by atoms with E-state index in [-0.39, 0.29) is 5.91 Å². The fraction of sp³-hybridized carbons (Fsp3) is 0.167. The van der Waals surface area contributed by atoms with E-state index in [2.05, 4.69) is 15.3 Å². The fourth-order valence-corrected chi connectivity index (χ4v) is 2.53. The van der Waals surface area contributed by atoms with Crippen molar-refractivity contribution < 1.29 is 4.79 Å². The van der Waals surface area contributed by atoms with Crippen molar-refractivity contribution in [3.05, 3.63) is 66.0 Å². The Balaban J connectivity index is 1.82. The summed E-state index contributed by atoms with van der Waals surface area (Å²) in [4.78, 5) is 23.1. The average Bonchev–Trinajstić information content (AvgIpc) is 2.59. The maximum atomic E-state index is 12.5. The molecule has 3 aromatic rings. The van der Waals surface area contributed by atoms with Crippen LogP contribution in [0, 0.1) is 0 Å². The van der Waals surface area contributed by atoms with Gasteiger partial charge in [0.05, 0.1) is 11.1 Å². The molecule has 0 atom stereocenters. The summed E-state index contributed by atoms with van der Waals surface area (Å²) in [6.07, 6.45) is 3.44. The van der Waals surface area contributed by atoms with Crippen LogP contribution in [0.15, 0.2) is 54.9 Å². The number of anilines is 1. The van der Waals surface area contributed by atoms with Crippen LogP contribution in [0.1, 0.15) is 15.9 Å². The number of pyridine rings is 2. The summed E-state index contributed by atoms with van der Waals surface area (Å²) in [5, 5.41) is 3.91. The van der Waals surface area contributed by atoms with Gasteiger partial charge in [0.1, 0.15) is 5.82 Å². The van der Waals surface area contributed by atoms with Gasteiger partial charge in [-0.2, -0.15) is 0 Å². The van der Waals surface area contributed by atoms with Crippen LogP contribution < -0.4 is 10.2 Å². The first kappa shape index (κ1) is 15.0. The Bertz CT molecular complexity index is 840. The number of carbonyl (C=O) groups excluding carboxylic acids is 1. The number of hydrogen-bond donors (Lipinski definition) is 1. The minimum absolute atomic E-state index is 0.136. The van der Waals surface area contributed by atoms with E-state index in [4.69, 9.17) is 0 Å². The quantitative estimate of drug-likeness (QED) is 0.805. The van der Waals surface area contributed by atoms with Gasteiger partial charge in [-0.25, -0.2) is 4.98 Å². The van der Waals surface area contributed by atoms with Gasteiger partial charge in [-0.15, -0.1) is 0 Å². The van der Waals surface area contributed by atoms with Crippen molar-refractivity contribution in [1.82, 2.24) is 15.3 Å². The Kier molecular flexibility index (Phi) is 4.19. The SMILES string of the molecule is CN(C)c1ncccc1CNC(=O)c1cccc2cccnc12. The molecule has 1 amide bonds. The van der Waals surface area contributed by atoms with Crippen LogP contribution in [-0.2, 0) is 6.54 Å². The van der Waals surface area contributed by atoms with E-state index in [1.165, 1.54) is 0 Å². The zero-order valence-electron chi connectivity index (χ0n) is 13.2. The normalized spacial score (nSPS) is 10.5. The van der Waals surface area contributed by atoms with Crippen molar-refractivity contribution in [2.24, 2.45) is 0 Å². The second-order valence-corrected chi connectivity index (χ2v) is 5.44. The summed E-state index contributed by atoms with van der Waals surface area (Å²) in [6, 6.07) is 13.3. The van der Waals surface area contributed by atoms with Crippen molar-refractivity contribution >= 4 is 22.6 Å². The van der Waals surface area contributed by atoms with E-state index in [0.717, 1.165) is 16.8 Å². The summed E-state index contributed by atoms with van der Waals surface area (Å²) < 4.78 is 0. The molecule has 5 nitrogen and oxygen atoms in total. The first-order valence-corrected chi connectivity index (χ1v) is 7.40. The van der Waals surface area contributed by atoms with Gasteiger partial charge in [-0.3, -0.25) is 9.78 Å². The summed E-state index contributed by atoms with van der Waals surface area (Å²) in [5.74, 6) is 0.715. The maximum Gasteiger partial charge on any atom is 0.253 e. The third-order valence-corrected chi connectivity index (χ3v) is 3.61. The molecule has 2 heterocycles. The molecule has 0 fully saturated rings. The van der Waals surface area contributed by atoms with Crippen molar-refractivity contribution in [2.75, 3.05) is 19.0 Å². The number of amides is 1. The number of benzene rings is 1. The van der Waals surface area contributed by atoms with Crippen LogP contribution in [0.3, 0.4) is 0 Å². The van der Waals surface area contributed by atoms with E-state index in [9.17, 15) is 4.79 Å². The average molecular weight is 306 g/mol. The summed E-state index contributed by atoms with van der Waals surface area (Å²) in [6.45, 7) is 0.420. The Morgan fingerprint density at radius 2 is 1.78 bits per heavy atom. The van der Waals surface area contributed by atoms with Crippen LogP contribution in [-0.4, -0.2) is 30.0 Å². The molecule has 23 heavy (non-hydrogen) atoms. The number of carbonyl (C=O) groups is 1. The molecule has 0 aliphatic rings. The van der Waals surface area contributed by atoms with Crippen molar-refractivity contribution in [1.29, 1.82) is 0 Å². The van der Waals surface area contributed by atoms with Gasteiger partial charge in [0, 0.05) is 44.0 Å². The van der Waals surface area contributed by atoms with Gasteiger partial charge < -0.3 is 10.2 Å². The zero-order chi connectivity index (χ0) is 16.2. The lowest BCUT2D eigenvalue weighted by Crippen LogP contribution is -2.25. The van der Waals surface area contributed by atoms with Crippen LogP contribution in [0.2, 0.25) is 0 Å². The molecule has 1 aromatic carbocycles. The molecule has 0 saturated carbocycles. The predicted octanol–water partition coefficient (Wildman–Crippen LogP) is 2.63. The van der Waals surface area contributed by atoms with Crippen molar-refractivity contribution in [2.45, 2.75) is 6.54 Å². The lowest BCUT2D eigenvalue weighted by atomic mass is 10.1. The van der Waals surface area contributed by atoms with Crippen LogP contribution in [0.4, 0.5) is 5.82 Å². The largest absolute Gasteiger partial charge is 0.362 e. The van der Waals surface area contributed by atoms with E-state index in [1.807, 2.05) is 55.4 Å². The molecule has 3 rings (SSSR count). The molecule has 0 bridgehead atoms. The molecular formula is C18H18N4O. The maximum absolute atomic E-state index is 12.5. The molecule has 2 aromatic heterocycles. The zero-order valence-corrected chi connectivity index (χ0v) is 13.2. The second-order valence-electron chi connectivity index (χ2n) is 5.44. The van der Waals surface area contributed by atoms with Crippen molar-refractivity contribution in [3.63, 3.8) is 0 Å². The fourth-order valence-electron chi connectivity index (χ4n) is 2.53. The number of fused-ring (bicyclic) bond motifs is 1. The molecule has 1 N–H and O–H groups in total. The third-order valence-electron chi connectivity index (χ3n) is 3.61. The number of rotatable bonds is 4. The van der Waals surface area contributed by atoms with Crippen molar-refractivity contribution in [3.8, 4) is 0 Å². The van der Waals surface area contributed by atoms with Gasteiger partial charge >= 0.3 is 0 Å². The molecule has 0 radical (unpaired) electrons. The molecule has 0 spiro atoms. The molecule has 0 aliphatic carbocycles. The van der Waals surface area contributed by atoms with E-state index < -0.39 is 0 Å². The van der Waals surface area contributed by atoms with Crippen LogP contribution >= 0.6 is 0 Å². The van der Waals surface area contributed by atoms with E-state index in [0.29, 0.717) is 17.6 Å². The predicted molar refractivity (Wildman–Crippen MR) is 91.5 cm³/mol. The molecule has 0 saturated heterocycles. The Morgan fingerprint density at radius 1 is 1.04 bits per heavy atom. The number of para-hydroxylation sites is 1. The summed E-state index contributed by atoms with van der Waals surface area (Å²) in [5.41, 5.74) is 2.27. The Morgan fingerprint density at radius 3 is 2.61 bits per heavy atom. The highest BCUT2D eigenvalue weighted by atomic mass is 16.1. The second kappa shape index (κ2) is 6.44. The monoisotopic (exact) mass is 306 g/mol. The van der Waals surface area contributed by atoms with E-state index in [1.54, 1.807) is 18.5 Å². The lowest BCUT2D eigenvalue weighted by Gasteiger charge is -2.16. The lowest BCUT2D eigenvalue weighted by molar-refractivity contribution is 0.0952. The standard InChI is InChI=1S/C18H18N4O/c1-22(2)17-14(8-5-11-20-17)12-21-18(23)15-9-3-6-13-7-4-10-19-16(13)15/h3-11H,12H2,1-2H3,(H,21,23). The molecule has 5 heteroatoms. The van der Waals surface area contributed by atoms with Crippen LogP contribution in [0.25, 0.3) is 10.9 Å². The van der Waals surface area contributed by atoms with Gasteiger partial charge in [-0.1, -0.05) is 24.3 Å². The smallest absolute Gasteiger partial charge is 0.253 e. The molecule has 116 valence electrons. The third kappa shape index (κ3) is 3.13. The van der Waals surface area contributed by atoms with Crippen LogP contribution in [0.5, 0.6) is 0 Å². The van der Waals surface area contributed by atoms with Gasteiger partial charge in [0.15, 0.2) is 0 Å². The number of nitrogens with one attached hydrogen (secondary N) is 1. The van der Waals surface area contributed by atoms with Gasteiger partial charge in [0.25, 0.3) is 5.91 Å². The number of aromatic nitrogens is 2. The minimum atomic E-state index is -0.136. The highest BCUT2D eigenvalue weighted by Gasteiger charge is 2.12. The first-order valence-electron chi connectivity index (χ1n) is 7.40. The molecular weight excluding hydrogens is 288 g/mol. The summed E-state index contributed by atoms with van der Waals surface area (Å²) in [7, 11) is 3.87. The van der Waals surface area contributed by atoms with Gasteiger partial charge in [0.2, 0.25) is 0 Å². The first-order chi connectivity index (χ1) is 11.2. The molecule has 0 unspecified atom stereocenters. The van der Waals surface area contributed by atoms with Gasteiger partial charge in [-0.05, 0) is 18.2 Å². The number of hydrogen-bond acceptors (Lipinski definition) is 4. The highest BCUT2D eigenvalue weighted by molar-refractivity contribution is 6.05. The molecule has 0 aliphatic heterocycles.